The smallest absolute Gasteiger partial charge is 0.0163 e. The van der Waals surface area contributed by atoms with Crippen LogP contribution in [0.5, 0.6) is 0 Å². The SMILES string of the molecule is CC(C)Cc1ccnc(-c2[c-]ccc(-c3ccccc3)c2)c1.CC(C)c1ccnc(-c2[c-]ccc(-c3ccccc3)c2)c1.CC(C)c1ccnc(-c2[c-]ccc(-c3ccccc3)c2)c1.[Ir].[Ir].[Ir].[c-]1ccccc1-c1ccccn1. The van der Waals surface area contributed by atoms with E-state index in [2.05, 4.69) is 231 Å². The standard InChI is InChI=1S/C21H20N.2C20H18N.C11H8N.3Ir/c1-16(2)13-17-11-12-22-21(14-17)20-10-6-9-19(15-20)18-7-4-3-5-8-18;2*1-15(2)17-11-12-21-20(14-17)19-10-6-9-18(13-19)16-7-4-3-5-8-16;1-2-6-10(7-3-1)11-8-4-5-9-12-11;;;/h3-9,11-12,14-16H,13H2,1-2H3;2*3-9,11-15H,1-2H3;1-6,8-9H;;;/q4*-1;;;. The van der Waals surface area contributed by atoms with Gasteiger partial charge in [-0.2, -0.15) is 0 Å². The van der Waals surface area contributed by atoms with E-state index < -0.39 is 0 Å². The Balaban J connectivity index is 0.000000195. The van der Waals surface area contributed by atoms with E-state index in [0.717, 1.165) is 51.5 Å². The van der Waals surface area contributed by atoms with Gasteiger partial charge in [0.05, 0.1) is 0 Å². The summed E-state index contributed by atoms with van der Waals surface area (Å²) in [5, 5.41) is 0. The summed E-state index contributed by atoms with van der Waals surface area (Å²) in [5.41, 5.74) is 19.3. The molecule has 11 rings (SSSR count). The molecule has 7 aromatic carbocycles. The van der Waals surface area contributed by atoms with Gasteiger partial charge in [-0.15, -0.1) is 142 Å². The van der Waals surface area contributed by atoms with Gasteiger partial charge < -0.3 is 19.9 Å². The minimum atomic E-state index is 0. The molecule has 0 aliphatic rings. The molecular weight excluding hydrogens is 1500 g/mol. The van der Waals surface area contributed by atoms with E-state index in [0.29, 0.717) is 17.8 Å². The summed E-state index contributed by atoms with van der Waals surface area (Å²) in [6, 6.07) is 89.4. The topological polar surface area (TPSA) is 51.6 Å². The Morgan fingerprint density at radius 3 is 1.06 bits per heavy atom. The number of benzene rings is 7. The van der Waals surface area contributed by atoms with Crippen LogP contribution in [0.4, 0.5) is 0 Å². The average Bonchev–Trinajstić information content (AvgIpc) is 3.49. The van der Waals surface area contributed by atoms with Crippen molar-refractivity contribution in [3.05, 3.63) is 290 Å². The van der Waals surface area contributed by atoms with Crippen molar-refractivity contribution in [2.45, 2.75) is 59.8 Å². The monoisotopic (exact) mass is 1560 g/mol. The van der Waals surface area contributed by atoms with Crippen LogP contribution in [0, 0.1) is 30.2 Å². The molecule has 4 heterocycles. The second-order valence-corrected chi connectivity index (χ2v) is 19.5. The molecule has 11 aromatic rings. The molecule has 7 heteroatoms. The van der Waals surface area contributed by atoms with Crippen LogP contribution < -0.4 is 0 Å². The number of aromatic nitrogens is 4. The van der Waals surface area contributed by atoms with Gasteiger partial charge in [0.25, 0.3) is 0 Å². The van der Waals surface area contributed by atoms with Gasteiger partial charge in [0.15, 0.2) is 0 Å². The molecule has 0 unspecified atom stereocenters. The van der Waals surface area contributed by atoms with Crippen LogP contribution in [0.1, 0.15) is 70.1 Å². The number of nitrogens with zero attached hydrogens (tertiary/aromatic N) is 4. The maximum atomic E-state index is 4.52. The molecule has 0 atom stereocenters. The maximum Gasteiger partial charge on any atom is 0.0163 e. The molecule has 4 aromatic heterocycles. The van der Waals surface area contributed by atoms with E-state index in [4.69, 9.17) is 0 Å². The summed E-state index contributed by atoms with van der Waals surface area (Å²) in [6.45, 7) is 13.3. The van der Waals surface area contributed by atoms with Gasteiger partial charge >= 0.3 is 0 Å². The Hall–Kier alpha value is -6.91. The number of hydrogen-bond donors (Lipinski definition) is 0. The van der Waals surface area contributed by atoms with Crippen LogP contribution in [0.2, 0.25) is 0 Å². The van der Waals surface area contributed by atoms with E-state index in [1.54, 1.807) is 6.20 Å². The molecule has 4 nitrogen and oxygen atoms in total. The summed E-state index contributed by atoms with van der Waals surface area (Å²) in [5.74, 6) is 1.66. The first-order valence-corrected chi connectivity index (χ1v) is 26.1. The predicted molar refractivity (Wildman–Crippen MR) is 317 cm³/mol. The van der Waals surface area contributed by atoms with Gasteiger partial charge in [0.1, 0.15) is 0 Å². The fraction of sp³-hybridized carbons (Fsp3) is 0.139. The molecule has 0 saturated carbocycles. The van der Waals surface area contributed by atoms with Crippen molar-refractivity contribution in [3.8, 4) is 78.4 Å². The molecule has 0 fully saturated rings. The first kappa shape index (κ1) is 62.9. The van der Waals surface area contributed by atoms with Crippen molar-refractivity contribution in [1.82, 2.24) is 19.9 Å². The molecule has 0 aliphatic heterocycles. The van der Waals surface area contributed by atoms with Crippen LogP contribution in [-0.2, 0) is 66.7 Å². The first-order chi connectivity index (χ1) is 37.2. The molecule has 3 radical (unpaired) electrons. The van der Waals surface area contributed by atoms with Gasteiger partial charge in [0.2, 0.25) is 0 Å². The molecule has 0 bridgehead atoms. The fourth-order valence-corrected chi connectivity index (χ4v) is 8.47. The van der Waals surface area contributed by atoms with Crippen molar-refractivity contribution < 1.29 is 60.3 Å². The second kappa shape index (κ2) is 32.9. The van der Waals surface area contributed by atoms with Gasteiger partial charge in [-0.25, -0.2) is 0 Å². The third kappa shape index (κ3) is 19.2. The number of hydrogen-bond acceptors (Lipinski definition) is 4. The third-order valence-corrected chi connectivity index (χ3v) is 12.6. The molecule has 403 valence electrons. The van der Waals surface area contributed by atoms with Crippen molar-refractivity contribution in [1.29, 1.82) is 0 Å². The Bertz CT molecular complexity index is 3320. The molecule has 0 aliphatic carbocycles. The van der Waals surface area contributed by atoms with Crippen LogP contribution >= 0.6 is 0 Å². The largest absolute Gasteiger partial charge is 0.305 e. The third-order valence-electron chi connectivity index (χ3n) is 12.6. The molecule has 0 amide bonds. The van der Waals surface area contributed by atoms with Gasteiger partial charge in [-0.1, -0.05) is 180 Å². The van der Waals surface area contributed by atoms with Crippen molar-refractivity contribution in [3.63, 3.8) is 0 Å². The van der Waals surface area contributed by atoms with Crippen molar-refractivity contribution >= 4 is 0 Å². The molecule has 0 N–H and O–H groups in total. The Morgan fingerprint density at radius 1 is 0.304 bits per heavy atom. The van der Waals surface area contributed by atoms with E-state index in [-0.39, 0.29) is 60.3 Å². The zero-order valence-electron chi connectivity index (χ0n) is 45.4. The Labute approximate surface area is 510 Å². The number of pyridine rings is 4. The van der Waals surface area contributed by atoms with Crippen molar-refractivity contribution in [2.24, 2.45) is 5.92 Å². The minimum absolute atomic E-state index is 0. The van der Waals surface area contributed by atoms with Gasteiger partial charge in [-0.05, 0) is 87.9 Å². The summed E-state index contributed by atoms with van der Waals surface area (Å²) < 4.78 is 0. The molecular formula is C72H64Ir3N4-4. The maximum absolute atomic E-state index is 4.52. The summed E-state index contributed by atoms with van der Waals surface area (Å²) in [4.78, 5) is 17.7. The Kier molecular flexibility index (Phi) is 26.2. The number of rotatable bonds is 11. The predicted octanol–water partition coefficient (Wildman–Crippen LogP) is 18.6. The van der Waals surface area contributed by atoms with Gasteiger partial charge in [0, 0.05) is 85.1 Å². The van der Waals surface area contributed by atoms with E-state index in [1.165, 1.54) is 50.1 Å². The zero-order valence-corrected chi connectivity index (χ0v) is 52.6. The summed E-state index contributed by atoms with van der Waals surface area (Å²) in [7, 11) is 0. The van der Waals surface area contributed by atoms with Crippen LogP contribution in [0.3, 0.4) is 0 Å². The second-order valence-electron chi connectivity index (χ2n) is 19.5. The summed E-state index contributed by atoms with van der Waals surface area (Å²) in [6.07, 6.45) is 8.53. The van der Waals surface area contributed by atoms with E-state index in [9.17, 15) is 0 Å². The molecule has 0 saturated heterocycles. The fourth-order valence-electron chi connectivity index (χ4n) is 8.47. The normalized spacial score (nSPS) is 10.2. The van der Waals surface area contributed by atoms with Crippen LogP contribution in [-0.4, -0.2) is 19.9 Å². The first-order valence-electron chi connectivity index (χ1n) is 26.1. The molecule has 79 heavy (non-hydrogen) atoms. The summed E-state index contributed by atoms with van der Waals surface area (Å²) >= 11 is 0. The molecule has 0 spiro atoms. The van der Waals surface area contributed by atoms with Crippen LogP contribution in [0.15, 0.2) is 249 Å². The Morgan fingerprint density at radius 2 is 0.684 bits per heavy atom. The minimum Gasteiger partial charge on any atom is -0.305 e. The average molecular weight is 1560 g/mol. The van der Waals surface area contributed by atoms with Crippen LogP contribution in [0.25, 0.3) is 78.4 Å². The van der Waals surface area contributed by atoms with Gasteiger partial charge in [-0.3, -0.25) is 0 Å². The quantitative estimate of drug-likeness (QED) is 0.121. The van der Waals surface area contributed by atoms with Crippen molar-refractivity contribution in [2.75, 3.05) is 0 Å². The van der Waals surface area contributed by atoms with E-state index in [1.807, 2.05) is 97.5 Å². The zero-order chi connectivity index (χ0) is 52.9. The van der Waals surface area contributed by atoms with E-state index >= 15 is 0 Å².